The van der Waals surface area contributed by atoms with Crippen LogP contribution in [-0.4, -0.2) is 0 Å². The van der Waals surface area contributed by atoms with Crippen molar-refractivity contribution in [3.05, 3.63) is 58.1 Å². The summed E-state index contributed by atoms with van der Waals surface area (Å²) in [7, 11) is 0. The molecule has 5 heteroatoms. The Kier molecular flexibility index (Phi) is 4.24. The summed E-state index contributed by atoms with van der Waals surface area (Å²) < 4.78 is 27.0. The van der Waals surface area contributed by atoms with Gasteiger partial charge in [-0.15, -0.1) is 11.8 Å². The highest BCUT2D eigenvalue weighted by atomic mass is 79.9. The van der Waals surface area contributed by atoms with Gasteiger partial charge in [0, 0.05) is 16.3 Å². The SMILES string of the molecule is Nc1ccc(SCc2ccc(F)c(Br)c2)c(F)c1. The average molecular weight is 330 g/mol. The van der Waals surface area contributed by atoms with Crippen molar-refractivity contribution in [2.75, 3.05) is 5.73 Å². The lowest BCUT2D eigenvalue weighted by atomic mass is 10.2. The number of hydrogen-bond donors (Lipinski definition) is 1. The first-order chi connectivity index (χ1) is 8.56. The van der Waals surface area contributed by atoms with Crippen molar-refractivity contribution < 1.29 is 8.78 Å². The highest BCUT2D eigenvalue weighted by Gasteiger charge is 2.05. The maximum absolute atomic E-state index is 13.5. The minimum Gasteiger partial charge on any atom is -0.399 e. The van der Waals surface area contributed by atoms with Crippen LogP contribution in [0.1, 0.15) is 5.56 Å². The van der Waals surface area contributed by atoms with Crippen molar-refractivity contribution in [2.45, 2.75) is 10.6 Å². The molecule has 0 aromatic heterocycles. The molecule has 0 aliphatic carbocycles. The summed E-state index contributed by atoms with van der Waals surface area (Å²) in [5.41, 5.74) is 6.80. The predicted octanol–water partition coefficient (Wildman–Crippen LogP) is 4.60. The van der Waals surface area contributed by atoms with Gasteiger partial charge in [0.1, 0.15) is 11.6 Å². The first-order valence-corrected chi connectivity index (χ1v) is 6.96. The van der Waals surface area contributed by atoms with Gasteiger partial charge in [-0.05, 0) is 51.8 Å². The Bertz CT molecular complexity index is 575. The summed E-state index contributed by atoms with van der Waals surface area (Å²) in [5.74, 6) is -0.0664. The van der Waals surface area contributed by atoms with E-state index in [4.69, 9.17) is 5.73 Å². The summed E-state index contributed by atoms with van der Waals surface area (Å²) in [6.45, 7) is 0. The van der Waals surface area contributed by atoms with Crippen LogP contribution >= 0.6 is 27.7 Å². The molecule has 0 bridgehead atoms. The molecule has 0 heterocycles. The molecule has 2 aromatic rings. The molecule has 1 nitrogen and oxygen atoms in total. The van der Waals surface area contributed by atoms with Gasteiger partial charge in [0.15, 0.2) is 0 Å². The van der Waals surface area contributed by atoms with E-state index in [0.717, 1.165) is 5.56 Å². The van der Waals surface area contributed by atoms with Crippen molar-refractivity contribution in [2.24, 2.45) is 0 Å². The van der Waals surface area contributed by atoms with Crippen molar-refractivity contribution >= 4 is 33.4 Å². The smallest absolute Gasteiger partial charge is 0.138 e. The van der Waals surface area contributed by atoms with Gasteiger partial charge in [0.2, 0.25) is 0 Å². The van der Waals surface area contributed by atoms with E-state index in [-0.39, 0.29) is 11.6 Å². The maximum Gasteiger partial charge on any atom is 0.138 e. The molecule has 0 spiro atoms. The van der Waals surface area contributed by atoms with Gasteiger partial charge >= 0.3 is 0 Å². The largest absolute Gasteiger partial charge is 0.399 e. The second-order valence-corrected chi connectivity index (χ2v) is 5.60. The van der Waals surface area contributed by atoms with Crippen LogP contribution in [0.2, 0.25) is 0 Å². The van der Waals surface area contributed by atoms with E-state index in [2.05, 4.69) is 15.9 Å². The first kappa shape index (κ1) is 13.4. The zero-order valence-electron chi connectivity index (χ0n) is 9.29. The Labute approximate surface area is 117 Å². The zero-order chi connectivity index (χ0) is 13.1. The minimum absolute atomic E-state index is 0.303. The van der Waals surface area contributed by atoms with Gasteiger partial charge in [-0.1, -0.05) is 6.07 Å². The number of hydrogen-bond acceptors (Lipinski definition) is 2. The van der Waals surface area contributed by atoms with Crippen molar-refractivity contribution in [1.82, 2.24) is 0 Å². The van der Waals surface area contributed by atoms with E-state index < -0.39 is 0 Å². The number of nitrogen functional groups attached to an aromatic ring is 1. The van der Waals surface area contributed by atoms with Gasteiger partial charge in [-0.3, -0.25) is 0 Å². The molecule has 0 fully saturated rings. The lowest BCUT2D eigenvalue weighted by Gasteiger charge is -2.05. The molecule has 2 rings (SSSR count). The summed E-state index contributed by atoms with van der Waals surface area (Å²) >= 11 is 4.47. The van der Waals surface area contributed by atoms with Crippen LogP contribution in [0, 0.1) is 11.6 Å². The van der Waals surface area contributed by atoms with Gasteiger partial charge in [0.25, 0.3) is 0 Å². The van der Waals surface area contributed by atoms with Gasteiger partial charge in [-0.2, -0.15) is 0 Å². The van der Waals surface area contributed by atoms with Gasteiger partial charge in [0.05, 0.1) is 4.47 Å². The summed E-state index contributed by atoms with van der Waals surface area (Å²) in [6.07, 6.45) is 0. The quantitative estimate of drug-likeness (QED) is 0.657. The molecule has 2 aromatic carbocycles. The molecule has 18 heavy (non-hydrogen) atoms. The molecule has 2 N–H and O–H groups in total. The van der Waals surface area contributed by atoms with Crippen molar-refractivity contribution in [3.63, 3.8) is 0 Å². The fraction of sp³-hybridized carbons (Fsp3) is 0.0769. The highest BCUT2D eigenvalue weighted by molar-refractivity contribution is 9.10. The molecule has 0 amide bonds. The van der Waals surface area contributed by atoms with Crippen LogP contribution in [0.5, 0.6) is 0 Å². The number of rotatable bonds is 3. The molecule has 0 aliphatic rings. The van der Waals surface area contributed by atoms with Crippen LogP contribution in [0.4, 0.5) is 14.5 Å². The summed E-state index contributed by atoms with van der Waals surface area (Å²) in [4.78, 5) is 0.532. The van der Waals surface area contributed by atoms with E-state index in [1.165, 1.54) is 23.9 Å². The summed E-state index contributed by atoms with van der Waals surface area (Å²) in [6, 6.07) is 9.36. The second-order valence-electron chi connectivity index (χ2n) is 3.73. The fourth-order valence-electron chi connectivity index (χ4n) is 1.42. The Hall–Kier alpha value is -1.07. The monoisotopic (exact) mass is 329 g/mol. The zero-order valence-corrected chi connectivity index (χ0v) is 11.7. The topological polar surface area (TPSA) is 26.0 Å². The van der Waals surface area contributed by atoms with Crippen LogP contribution in [0.3, 0.4) is 0 Å². The van der Waals surface area contributed by atoms with Crippen LogP contribution in [-0.2, 0) is 5.75 Å². The molecule has 0 saturated heterocycles. The lowest BCUT2D eigenvalue weighted by molar-refractivity contribution is 0.602. The Morgan fingerprint density at radius 1 is 1.06 bits per heavy atom. The summed E-state index contributed by atoms with van der Waals surface area (Å²) in [5, 5.41) is 0. The molecule has 0 saturated carbocycles. The Balaban J connectivity index is 2.09. The maximum atomic E-state index is 13.5. The van der Waals surface area contributed by atoms with E-state index in [1.807, 2.05) is 0 Å². The van der Waals surface area contributed by atoms with E-state index in [0.29, 0.717) is 20.8 Å². The van der Waals surface area contributed by atoms with Crippen molar-refractivity contribution in [3.8, 4) is 0 Å². The third-order valence-corrected chi connectivity index (χ3v) is 4.06. The third kappa shape index (κ3) is 3.23. The van der Waals surface area contributed by atoms with Gasteiger partial charge < -0.3 is 5.73 Å². The van der Waals surface area contributed by atoms with Crippen LogP contribution in [0.25, 0.3) is 0 Å². The number of thioether (sulfide) groups is 1. The molecular weight excluding hydrogens is 320 g/mol. The highest BCUT2D eigenvalue weighted by Crippen LogP contribution is 2.28. The number of halogens is 3. The van der Waals surface area contributed by atoms with E-state index in [9.17, 15) is 8.78 Å². The molecule has 0 atom stereocenters. The fourth-order valence-corrected chi connectivity index (χ4v) is 2.71. The van der Waals surface area contributed by atoms with Gasteiger partial charge in [-0.25, -0.2) is 8.78 Å². The normalized spacial score (nSPS) is 10.6. The first-order valence-electron chi connectivity index (χ1n) is 5.18. The number of anilines is 1. The Morgan fingerprint density at radius 2 is 1.83 bits per heavy atom. The second kappa shape index (κ2) is 5.71. The van der Waals surface area contributed by atoms with Crippen LogP contribution < -0.4 is 5.73 Å². The molecule has 0 unspecified atom stereocenters. The van der Waals surface area contributed by atoms with Crippen molar-refractivity contribution in [1.29, 1.82) is 0 Å². The van der Waals surface area contributed by atoms with E-state index >= 15 is 0 Å². The lowest BCUT2D eigenvalue weighted by Crippen LogP contribution is -1.89. The van der Waals surface area contributed by atoms with Crippen LogP contribution in [0.15, 0.2) is 45.8 Å². The minimum atomic E-state index is -0.332. The predicted molar refractivity (Wildman–Crippen MR) is 74.5 cm³/mol. The average Bonchev–Trinajstić information content (AvgIpc) is 2.32. The molecule has 94 valence electrons. The third-order valence-electron chi connectivity index (χ3n) is 2.33. The Morgan fingerprint density at radius 3 is 2.50 bits per heavy atom. The standard InChI is InChI=1S/C13H10BrF2NS/c14-10-5-8(1-3-11(10)15)7-18-13-4-2-9(17)6-12(13)16/h1-6H,7,17H2. The molecular formula is C13H10BrF2NS. The van der Waals surface area contributed by atoms with E-state index in [1.54, 1.807) is 24.3 Å². The molecule has 0 radical (unpaired) electrons. The number of nitrogens with two attached hydrogens (primary N) is 1. The number of benzene rings is 2. The molecule has 0 aliphatic heterocycles.